The van der Waals surface area contributed by atoms with Gasteiger partial charge < -0.3 is 15.0 Å². The molecule has 12 heteroatoms. The molecule has 1 unspecified atom stereocenters. The highest BCUT2D eigenvalue weighted by molar-refractivity contribution is 6.01. The number of benzene rings is 4. The predicted molar refractivity (Wildman–Crippen MR) is 154 cm³/mol. The van der Waals surface area contributed by atoms with Crippen molar-refractivity contribution in [2.45, 2.75) is 25.0 Å². The zero-order valence-electron chi connectivity index (χ0n) is 22.9. The summed E-state index contributed by atoms with van der Waals surface area (Å²) < 4.78 is 46.5. The summed E-state index contributed by atoms with van der Waals surface area (Å²) in [5.41, 5.74) is 0.144. The highest BCUT2D eigenvalue weighted by atomic mass is 19.4. The number of nitrogens with one attached hydrogen (secondary N) is 3. The molecule has 44 heavy (non-hydrogen) atoms. The van der Waals surface area contributed by atoms with E-state index in [-0.39, 0.29) is 41.2 Å². The normalized spacial score (nSPS) is 16.1. The predicted octanol–water partition coefficient (Wildman–Crippen LogP) is 5.85. The Kier molecular flexibility index (Phi) is 7.25. The molecule has 0 saturated heterocycles. The third kappa shape index (κ3) is 5.33. The van der Waals surface area contributed by atoms with Gasteiger partial charge in [0.25, 0.3) is 5.91 Å². The van der Waals surface area contributed by atoms with Crippen molar-refractivity contribution in [3.05, 3.63) is 131 Å². The quantitative estimate of drug-likeness (QED) is 0.203. The lowest BCUT2D eigenvalue weighted by Gasteiger charge is -2.39. The smallest absolute Gasteiger partial charge is 0.423 e. The zero-order valence-corrected chi connectivity index (χ0v) is 22.9. The number of rotatable bonds is 7. The maximum Gasteiger partial charge on any atom is 0.491 e. The van der Waals surface area contributed by atoms with Gasteiger partial charge in [-0.1, -0.05) is 84.9 Å². The van der Waals surface area contributed by atoms with Gasteiger partial charge in [-0.3, -0.25) is 15.0 Å². The number of nitrogens with zero attached hydrogens (tertiary/aromatic N) is 2. The molecule has 0 spiro atoms. The Bertz CT molecular complexity index is 1860. The van der Waals surface area contributed by atoms with E-state index in [1.165, 1.54) is 30.3 Å². The van der Waals surface area contributed by atoms with E-state index in [1.54, 1.807) is 42.5 Å². The molecule has 1 aromatic heterocycles. The van der Waals surface area contributed by atoms with Crippen molar-refractivity contribution in [1.29, 1.82) is 0 Å². The maximum absolute atomic E-state index is 13.8. The number of amides is 3. The molecule has 3 N–H and O–H groups in total. The first-order chi connectivity index (χ1) is 21.1. The highest BCUT2D eigenvalue weighted by Crippen LogP contribution is 2.47. The van der Waals surface area contributed by atoms with Crippen LogP contribution in [0, 0.1) is 0 Å². The summed E-state index contributed by atoms with van der Waals surface area (Å²) in [6, 6.07) is 27.9. The lowest BCUT2D eigenvalue weighted by molar-refractivity contribution is -0.222. The number of aromatic amines is 1. The van der Waals surface area contributed by atoms with E-state index in [1.807, 2.05) is 30.3 Å². The van der Waals surface area contributed by atoms with Crippen LogP contribution < -0.4 is 10.6 Å². The number of hydrogen-bond acceptors (Lipinski definition) is 5. The number of urea groups is 1. The number of alkyl halides is 3. The number of aromatic nitrogens is 2. The van der Waals surface area contributed by atoms with Crippen LogP contribution in [0.3, 0.4) is 0 Å². The summed E-state index contributed by atoms with van der Waals surface area (Å²) >= 11 is 0. The van der Waals surface area contributed by atoms with Crippen LogP contribution in [0.5, 0.6) is 0 Å². The Hall–Kier alpha value is -5.65. The van der Waals surface area contributed by atoms with Gasteiger partial charge in [0.2, 0.25) is 11.7 Å². The van der Waals surface area contributed by atoms with E-state index in [0.717, 1.165) is 10.5 Å². The van der Waals surface area contributed by atoms with E-state index >= 15 is 0 Å². The van der Waals surface area contributed by atoms with Crippen LogP contribution in [0.2, 0.25) is 0 Å². The fourth-order valence-corrected chi connectivity index (χ4v) is 5.23. The first-order valence-corrected chi connectivity index (χ1v) is 13.5. The van der Waals surface area contributed by atoms with Crippen LogP contribution in [0.15, 0.2) is 103 Å². The zero-order chi connectivity index (χ0) is 30.9. The van der Waals surface area contributed by atoms with E-state index < -0.39 is 29.8 Å². The third-order valence-corrected chi connectivity index (χ3v) is 7.21. The van der Waals surface area contributed by atoms with Crippen LogP contribution in [0.25, 0.3) is 11.0 Å². The highest BCUT2D eigenvalue weighted by Gasteiger charge is 2.57. The monoisotopic (exact) mass is 599 g/mol. The van der Waals surface area contributed by atoms with Gasteiger partial charge in [-0.15, -0.1) is 0 Å². The van der Waals surface area contributed by atoms with Crippen LogP contribution in [-0.4, -0.2) is 39.0 Å². The lowest BCUT2D eigenvalue weighted by Crippen LogP contribution is -2.49. The first kappa shape index (κ1) is 28.5. The van der Waals surface area contributed by atoms with Crippen molar-refractivity contribution in [2.24, 2.45) is 0 Å². The Labute approximate surface area is 248 Å². The molecular weight excluding hydrogens is 575 g/mol. The molecule has 6 rings (SSSR count). The van der Waals surface area contributed by atoms with Crippen LogP contribution >= 0.6 is 0 Å². The number of H-pyrrole nitrogens is 1. The van der Waals surface area contributed by atoms with Crippen molar-refractivity contribution in [3.8, 4) is 0 Å². The Balaban J connectivity index is 1.40. The fraction of sp³-hybridized carbons (Fsp3) is 0.125. The summed E-state index contributed by atoms with van der Waals surface area (Å²) in [4.78, 5) is 47.2. The molecule has 1 atom stereocenters. The molecule has 0 saturated carbocycles. The van der Waals surface area contributed by atoms with E-state index in [9.17, 15) is 27.6 Å². The van der Waals surface area contributed by atoms with Gasteiger partial charge in [0, 0.05) is 23.2 Å². The largest absolute Gasteiger partial charge is 0.491 e. The first-order valence-electron chi connectivity index (χ1n) is 13.5. The maximum atomic E-state index is 13.8. The van der Waals surface area contributed by atoms with Crippen molar-refractivity contribution in [3.63, 3.8) is 0 Å². The lowest BCUT2D eigenvalue weighted by atomic mass is 9.92. The number of imidazole rings is 1. The average Bonchev–Trinajstić information content (AvgIpc) is 3.52. The third-order valence-electron chi connectivity index (χ3n) is 7.21. The molecule has 0 radical (unpaired) electrons. The van der Waals surface area contributed by atoms with E-state index in [0.29, 0.717) is 11.1 Å². The second-order valence-corrected chi connectivity index (χ2v) is 10.1. The summed E-state index contributed by atoms with van der Waals surface area (Å²) in [6.45, 7) is 0.112. The summed E-state index contributed by atoms with van der Waals surface area (Å²) in [7, 11) is 0. The number of fused-ring (bicyclic) bond motifs is 2. The minimum absolute atomic E-state index is 0.0587. The molecule has 0 fully saturated rings. The number of carbonyl (C=O) groups excluding carboxylic acids is 3. The van der Waals surface area contributed by atoms with Gasteiger partial charge in [0.1, 0.15) is 0 Å². The van der Waals surface area contributed by atoms with E-state index in [2.05, 4.69) is 20.6 Å². The van der Waals surface area contributed by atoms with Crippen LogP contribution in [-0.2, 0) is 28.3 Å². The summed E-state index contributed by atoms with van der Waals surface area (Å²) in [5, 5.41) is 5.32. The van der Waals surface area contributed by atoms with Gasteiger partial charge in [-0.05, 0) is 29.3 Å². The summed E-state index contributed by atoms with van der Waals surface area (Å²) in [6.07, 6.45) is -5.34. The van der Waals surface area contributed by atoms with Crippen molar-refractivity contribution in [1.82, 2.24) is 20.2 Å². The second kappa shape index (κ2) is 11.2. The minimum Gasteiger partial charge on any atom is -0.423 e. The van der Waals surface area contributed by atoms with Gasteiger partial charge >= 0.3 is 18.2 Å². The Morgan fingerprint density at radius 2 is 1.55 bits per heavy atom. The number of carbonyl (C=O) groups is 3. The molecule has 9 nitrogen and oxygen atoms in total. The molecular formula is C32H24F3N5O4. The molecule has 3 amide bonds. The topological polar surface area (TPSA) is 116 Å². The molecule has 222 valence electrons. The fourth-order valence-electron chi connectivity index (χ4n) is 5.23. The molecule has 1 aliphatic rings. The van der Waals surface area contributed by atoms with Gasteiger partial charge in [0.15, 0.2) is 0 Å². The SMILES string of the molecule is O=C(NCc1ccccc1)Nc1nc2cc(C3(OC(=O)C(F)(F)F)c4ccccc4C(=O)N3Cc3ccccc3)ccc2[nH]1. The molecule has 1 aliphatic heterocycles. The molecule has 0 aliphatic carbocycles. The summed E-state index contributed by atoms with van der Waals surface area (Å²) in [5.74, 6) is -2.99. The molecule has 0 bridgehead atoms. The van der Waals surface area contributed by atoms with E-state index in [4.69, 9.17) is 4.74 Å². The van der Waals surface area contributed by atoms with Gasteiger partial charge in [-0.25, -0.2) is 14.6 Å². The average molecular weight is 600 g/mol. The Morgan fingerprint density at radius 3 is 2.25 bits per heavy atom. The van der Waals surface area contributed by atoms with Crippen LogP contribution in [0.4, 0.5) is 23.9 Å². The van der Waals surface area contributed by atoms with Crippen molar-refractivity contribution < 1.29 is 32.3 Å². The van der Waals surface area contributed by atoms with Crippen LogP contribution in [0.1, 0.15) is 32.6 Å². The molecule has 5 aromatic rings. The Morgan fingerprint density at radius 1 is 0.886 bits per heavy atom. The number of hydrogen-bond donors (Lipinski definition) is 3. The van der Waals surface area contributed by atoms with Gasteiger partial charge in [-0.2, -0.15) is 13.2 Å². The minimum atomic E-state index is -5.34. The number of ether oxygens (including phenoxy) is 1. The second-order valence-electron chi connectivity index (χ2n) is 10.1. The standard InChI is InChI=1S/C32H24F3N5O4/c33-32(34,35)28(42)44-31(24-14-8-7-13-23(24)27(41)40(31)19-21-11-5-2-6-12-21)22-15-16-25-26(17-22)38-29(37-25)39-30(43)36-18-20-9-3-1-4-10-20/h1-17H,18-19H2,(H3,36,37,38,39,43). The molecule has 2 heterocycles. The molecule has 4 aromatic carbocycles. The van der Waals surface area contributed by atoms with Gasteiger partial charge in [0.05, 0.1) is 17.6 Å². The van der Waals surface area contributed by atoms with Crippen molar-refractivity contribution >= 4 is 34.9 Å². The number of halogens is 3. The van der Waals surface area contributed by atoms with Crippen molar-refractivity contribution in [2.75, 3.05) is 5.32 Å². The number of anilines is 1. The number of esters is 1.